The second-order valence-corrected chi connectivity index (χ2v) is 7.05. The molecular weight excluding hydrogens is 348 g/mol. The summed E-state index contributed by atoms with van der Waals surface area (Å²) in [6.45, 7) is 7.57. The van der Waals surface area contributed by atoms with Crippen LogP contribution in [-0.4, -0.2) is 18.4 Å². The third-order valence-corrected chi connectivity index (χ3v) is 5.21. The number of Topliss-reactive ketones (excluding diaryl/α,β-unsaturated/α-hetero) is 1. The van der Waals surface area contributed by atoms with E-state index in [0.29, 0.717) is 11.1 Å². The van der Waals surface area contributed by atoms with Crippen molar-refractivity contribution in [1.29, 1.82) is 0 Å². The average molecular weight is 372 g/mol. The highest BCUT2D eigenvalue weighted by atomic mass is 16.5. The lowest BCUT2D eigenvalue weighted by molar-refractivity contribution is 0.0475. The zero-order valence-electron chi connectivity index (χ0n) is 16.7. The predicted octanol–water partition coefficient (Wildman–Crippen LogP) is 5.63. The quantitative estimate of drug-likeness (QED) is 0.431. The molecule has 3 aromatic carbocycles. The fourth-order valence-corrected chi connectivity index (χ4v) is 3.45. The second-order valence-electron chi connectivity index (χ2n) is 7.05. The van der Waals surface area contributed by atoms with E-state index in [9.17, 15) is 9.59 Å². The van der Waals surface area contributed by atoms with E-state index in [1.807, 2.05) is 70.2 Å². The van der Waals surface area contributed by atoms with Gasteiger partial charge in [-0.05, 0) is 67.1 Å². The van der Waals surface area contributed by atoms with Crippen molar-refractivity contribution in [1.82, 2.24) is 0 Å². The number of carbonyl (C=O) groups excluding carboxylic acids is 2. The monoisotopic (exact) mass is 372 g/mol. The van der Waals surface area contributed by atoms with Gasteiger partial charge in [-0.2, -0.15) is 0 Å². The average Bonchev–Trinajstić information content (AvgIpc) is 2.71. The molecule has 3 rings (SSSR count). The molecule has 0 unspecified atom stereocenters. The standard InChI is InChI=1S/C25H24O3/c1-16-14-17(2)19(4)24(18(16)3)23(26)15-28-25(27)22-13-9-8-12-21(22)20-10-6-5-7-11-20/h5-14H,15H2,1-4H3. The molecule has 0 aliphatic rings. The summed E-state index contributed by atoms with van der Waals surface area (Å²) < 4.78 is 5.41. The van der Waals surface area contributed by atoms with Gasteiger partial charge in [0.25, 0.3) is 0 Å². The first-order chi connectivity index (χ1) is 13.4. The lowest BCUT2D eigenvalue weighted by atomic mass is 9.92. The first-order valence-corrected chi connectivity index (χ1v) is 9.32. The Balaban J connectivity index is 1.82. The van der Waals surface area contributed by atoms with Gasteiger partial charge in [-0.3, -0.25) is 4.79 Å². The van der Waals surface area contributed by atoms with Gasteiger partial charge in [0.15, 0.2) is 6.61 Å². The predicted molar refractivity (Wildman–Crippen MR) is 112 cm³/mol. The number of hydrogen-bond acceptors (Lipinski definition) is 3. The normalized spacial score (nSPS) is 10.6. The van der Waals surface area contributed by atoms with Crippen LogP contribution in [0.4, 0.5) is 0 Å². The summed E-state index contributed by atoms with van der Waals surface area (Å²) in [5, 5.41) is 0. The number of ketones is 1. The molecule has 28 heavy (non-hydrogen) atoms. The van der Waals surface area contributed by atoms with E-state index in [-0.39, 0.29) is 12.4 Å². The molecule has 0 spiro atoms. The van der Waals surface area contributed by atoms with Crippen LogP contribution >= 0.6 is 0 Å². The summed E-state index contributed by atoms with van der Waals surface area (Å²) in [5.74, 6) is -0.667. The van der Waals surface area contributed by atoms with Gasteiger partial charge in [-0.25, -0.2) is 4.79 Å². The topological polar surface area (TPSA) is 43.4 Å². The molecule has 0 bridgehead atoms. The zero-order valence-corrected chi connectivity index (χ0v) is 16.7. The number of carbonyl (C=O) groups is 2. The second kappa shape index (κ2) is 8.22. The summed E-state index contributed by atoms with van der Waals surface area (Å²) in [6.07, 6.45) is 0. The van der Waals surface area contributed by atoms with Crippen LogP contribution in [0.1, 0.15) is 43.0 Å². The molecule has 3 nitrogen and oxygen atoms in total. The van der Waals surface area contributed by atoms with Crippen LogP contribution in [0.3, 0.4) is 0 Å². The summed E-state index contributed by atoms with van der Waals surface area (Å²) in [7, 11) is 0. The van der Waals surface area contributed by atoms with Gasteiger partial charge >= 0.3 is 5.97 Å². The van der Waals surface area contributed by atoms with Crippen LogP contribution in [0.15, 0.2) is 60.7 Å². The van der Waals surface area contributed by atoms with Crippen molar-refractivity contribution < 1.29 is 14.3 Å². The Morgan fingerprint density at radius 3 is 2.00 bits per heavy atom. The maximum absolute atomic E-state index is 12.8. The maximum Gasteiger partial charge on any atom is 0.339 e. The summed E-state index contributed by atoms with van der Waals surface area (Å²) >= 11 is 0. The molecule has 142 valence electrons. The Hall–Kier alpha value is -3.20. The van der Waals surface area contributed by atoms with Crippen molar-refractivity contribution in [2.75, 3.05) is 6.61 Å². The Bertz CT molecular complexity index is 1010. The number of ether oxygens (including phenoxy) is 1. The molecule has 0 atom stereocenters. The van der Waals surface area contributed by atoms with Crippen LogP contribution in [0, 0.1) is 27.7 Å². The van der Waals surface area contributed by atoms with Gasteiger partial charge in [0.05, 0.1) is 5.56 Å². The van der Waals surface area contributed by atoms with E-state index >= 15 is 0 Å². The van der Waals surface area contributed by atoms with E-state index < -0.39 is 5.97 Å². The molecule has 0 aromatic heterocycles. The van der Waals surface area contributed by atoms with Crippen molar-refractivity contribution in [2.45, 2.75) is 27.7 Å². The summed E-state index contributed by atoms with van der Waals surface area (Å²) in [6, 6.07) is 19.0. The molecule has 0 saturated carbocycles. The largest absolute Gasteiger partial charge is 0.454 e. The Morgan fingerprint density at radius 2 is 1.36 bits per heavy atom. The minimum Gasteiger partial charge on any atom is -0.454 e. The number of rotatable bonds is 5. The van der Waals surface area contributed by atoms with E-state index in [0.717, 1.165) is 33.4 Å². The van der Waals surface area contributed by atoms with Crippen molar-refractivity contribution >= 4 is 11.8 Å². The molecule has 3 heteroatoms. The van der Waals surface area contributed by atoms with E-state index in [4.69, 9.17) is 4.74 Å². The van der Waals surface area contributed by atoms with Gasteiger partial charge in [0, 0.05) is 5.56 Å². The molecule has 0 saturated heterocycles. The third-order valence-electron chi connectivity index (χ3n) is 5.21. The van der Waals surface area contributed by atoms with Gasteiger partial charge in [0.2, 0.25) is 5.78 Å². The highest BCUT2D eigenvalue weighted by Gasteiger charge is 2.19. The van der Waals surface area contributed by atoms with E-state index in [1.165, 1.54) is 0 Å². The van der Waals surface area contributed by atoms with E-state index in [2.05, 4.69) is 6.07 Å². The minimum absolute atomic E-state index is 0.174. The Kier molecular flexibility index (Phi) is 5.74. The molecule has 0 radical (unpaired) electrons. The van der Waals surface area contributed by atoms with Crippen LogP contribution in [0.2, 0.25) is 0 Å². The molecule has 0 aliphatic carbocycles. The fourth-order valence-electron chi connectivity index (χ4n) is 3.45. The van der Waals surface area contributed by atoms with Crippen LogP contribution < -0.4 is 0 Å². The van der Waals surface area contributed by atoms with Gasteiger partial charge < -0.3 is 4.74 Å². The van der Waals surface area contributed by atoms with Crippen molar-refractivity contribution in [3.05, 3.63) is 94.0 Å². The third kappa shape index (κ3) is 3.89. The smallest absolute Gasteiger partial charge is 0.339 e. The molecular formula is C25H24O3. The van der Waals surface area contributed by atoms with Gasteiger partial charge in [-0.1, -0.05) is 54.6 Å². The van der Waals surface area contributed by atoms with Gasteiger partial charge in [0.1, 0.15) is 0 Å². The van der Waals surface area contributed by atoms with Gasteiger partial charge in [-0.15, -0.1) is 0 Å². The first kappa shape index (κ1) is 19.6. The Labute approximate surface area is 166 Å². The maximum atomic E-state index is 12.8. The van der Waals surface area contributed by atoms with Crippen LogP contribution in [0.25, 0.3) is 11.1 Å². The minimum atomic E-state index is -0.493. The molecule has 0 heterocycles. The van der Waals surface area contributed by atoms with E-state index in [1.54, 1.807) is 12.1 Å². The Morgan fingerprint density at radius 1 is 0.786 bits per heavy atom. The fraction of sp³-hybridized carbons (Fsp3) is 0.200. The van der Waals surface area contributed by atoms with Crippen molar-refractivity contribution in [2.24, 2.45) is 0 Å². The van der Waals surface area contributed by atoms with Crippen molar-refractivity contribution in [3.63, 3.8) is 0 Å². The lowest BCUT2D eigenvalue weighted by Gasteiger charge is -2.15. The van der Waals surface area contributed by atoms with Crippen molar-refractivity contribution in [3.8, 4) is 11.1 Å². The lowest BCUT2D eigenvalue weighted by Crippen LogP contribution is -2.17. The highest BCUT2D eigenvalue weighted by molar-refractivity contribution is 6.03. The number of esters is 1. The summed E-state index contributed by atoms with van der Waals surface area (Å²) in [4.78, 5) is 25.5. The first-order valence-electron chi connectivity index (χ1n) is 9.32. The summed E-state index contributed by atoms with van der Waals surface area (Å²) in [5.41, 5.74) is 6.83. The SMILES string of the molecule is Cc1cc(C)c(C)c(C(=O)COC(=O)c2ccccc2-c2ccccc2)c1C. The molecule has 0 fully saturated rings. The number of benzene rings is 3. The van der Waals surface area contributed by atoms with Crippen LogP contribution in [-0.2, 0) is 4.74 Å². The molecule has 0 amide bonds. The van der Waals surface area contributed by atoms with Crippen LogP contribution in [0.5, 0.6) is 0 Å². The number of hydrogen-bond donors (Lipinski definition) is 0. The number of aryl methyl sites for hydroxylation is 2. The molecule has 0 N–H and O–H groups in total. The highest BCUT2D eigenvalue weighted by Crippen LogP contribution is 2.25. The molecule has 0 aliphatic heterocycles. The zero-order chi connectivity index (χ0) is 20.3. The molecule has 3 aromatic rings.